The van der Waals surface area contributed by atoms with E-state index < -0.39 is 6.04 Å². The van der Waals surface area contributed by atoms with Crippen molar-refractivity contribution in [3.8, 4) is 0 Å². The van der Waals surface area contributed by atoms with Gasteiger partial charge in [-0.1, -0.05) is 53.5 Å². The Morgan fingerprint density at radius 2 is 1.69 bits per heavy atom. The van der Waals surface area contributed by atoms with Crippen LogP contribution in [0.2, 0.25) is 5.02 Å². The topological polar surface area (TPSA) is 70.6 Å². The summed E-state index contributed by atoms with van der Waals surface area (Å²) in [6.07, 6.45) is 1.54. The highest BCUT2D eigenvalue weighted by molar-refractivity contribution is 9.10. The molecule has 0 radical (unpaired) electrons. The molecule has 0 aliphatic carbocycles. The summed E-state index contributed by atoms with van der Waals surface area (Å²) >= 11 is 9.18. The molecule has 136 valence electrons. The Bertz CT molecular complexity index is 789. The lowest BCUT2D eigenvalue weighted by molar-refractivity contribution is -0.123. The van der Waals surface area contributed by atoms with Crippen molar-refractivity contribution in [3.05, 3.63) is 69.2 Å². The second-order valence-corrected chi connectivity index (χ2v) is 7.34. The SMILES string of the molecule is CC(C)C(NC(=O)c1ccc(Cl)cc1)C(=O)N/N=C\c1ccc(Br)cc1. The van der Waals surface area contributed by atoms with Crippen LogP contribution in [-0.2, 0) is 4.79 Å². The number of hydrogen-bond acceptors (Lipinski definition) is 3. The maximum atomic E-state index is 12.4. The van der Waals surface area contributed by atoms with E-state index in [1.807, 2.05) is 38.1 Å². The molecule has 2 rings (SSSR count). The summed E-state index contributed by atoms with van der Waals surface area (Å²) in [7, 11) is 0. The van der Waals surface area contributed by atoms with Crippen molar-refractivity contribution >= 4 is 45.6 Å². The molecular weight excluding hydrogens is 418 g/mol. The molecule has 2 amide bonds. The zero-order valence-electron chi connectivity index (χ0n) is 14.4. The smallest absolute Gasteiger partial charge is 0.262 e. The number of halogens is 2. The van der Waals surface area contributed by atoms with Gasteiger partial charge in [-0.2, -0.15) is 5.10 Å². The molecular formula is C19H19BrClN3O2. The first-order chi connectivity index (χ1) is 12.4. The van der Waals surface area contributed by atoms with Crippen LogP contribution >= 0.6 is 27.5 Å². The van der Waals surface area contributed by atoms with Crippen LogP contribution in [0.1, 0.15) is 29.8 Å². The second-order valence-electron chi connectivity index (χ2n) is 5.99. The predicted molar refractivity (Wildman–Crippen MR) is 107 cm³/mol. The first-order valence-corrected chi connectivity index (χ1v) is 9.19. The van der Waals surface area contributed by atoms with Gasteiger partial charge in [0, 0.05) is 15.1 Å². The molecule has 5 nitrogen and oxygen atoms in total. The van der Waals surface area contributed by atoms with Crippen LogP contribution in [0.15, 0.2) is 58.1 Å². The number of amides is 2. The van der Waals surface area contributed by atoms with Crippen molar-refractivity contribution in [2.45, 2.75) is 19.9 Å². The van der Waals surface area contributed by atoms with E-state index in [0.29, 0.717) is 10.6 Å². The number of nitrogens with zero attached hydrogens (tertiary/aromatic N) is 1. The fourth-order valence-corrected chi connectivity index (χ4v) is 2.54. The fraction of sp³-hybridized carbons (Fsp3) is 0.211. The molecule has 2 N–H and O–H groups in total. The van der Waals surface area contributed by atoms with Crippen LogP contribution in [0.3, 0.4) is 0 Å². The van der Waals surface area contributed by atoms with Gasteiger partial charge >= 0.3 is 0 Å². The van der Waals surface area contributed by atoms with E-state index in [-0.39, 0.29) is 17.7 Å². The number of hydrazone groups is 1. The van der Waals surface area contributed by atoms with Gasteiger partial charge in [0.05, 0.1) is 6.21 Å². The summed E-state index contributed by atoms with van der Waals surface area (Å²) in [6, 6.07) is 13.3. The number of hydrogen-bond donors (Lipinski definition) is 2. The Balaban J connectivity index is 1.99. The summed E-state index contributed by atoms with van der Waals surface area (Å²) in [5.41, 5.74) is 3.76. The van der Waals surface area contributed by atoms with Crippen LogP contribution < -0.4 is 10.7 Å². The van der Waals surface area contributed by atoms with Gasteiger partial charge in [0.25, 0.3) is 11.8 Å². The van der Waals surface area contributed by atoms with E-state index in [9.17, 15) is 9.59 Å². The van der Waals surface area contributed by atoms with Gasteiger partial charge in [-0.25, -0.2) is 5.43 Å². The van der Waals surface area contributed by atoms with E-state index in [1.165, 1.54) is 0 Å². The molecule has 0 spiro atoms. The molecule has 0 aromatic heterocycles. The van der Waals surface area contributed by atoms with Crippen LogP contribution in [0, 0.1) is 5.92 Å². The maximum absolute atomic E-state index is 12.4. The number of carbonyl (C=O) groups is 2. The Labute approximate surface area is 166 Å². The number of benzene rings is 2. The van der Waals surface area contributed by atoms with Gasteiger partial charge in [0.1, 0.15) is 6.04 Å². The van der Waals surface area contributed by atoms with Crippen molar-refractivity contribution < 1.29 is 9.59 Å². The Morgan fingerprint density at radius 3 is 2.27 bits per heavy atom. The number of rotatable bonds is 6. The van der Waals surface area contributed by atoms with Gasteiger partial charge in [-0.3, -0.25) is 9.59 Å². The van der Waals surface area contributed by atoms with Gasteiger partial charge in [0.2, 0.25) is 0 Å². The zero-order valence-corrected chi connectivity index (χ0v) is 16.7. The number of carbonyl (C=O) groups excluding carboxylic acids is 2. The van der Waals surface area contributed by atoms with Crippen LogP contribution in [0.25, 0.3) is 0 Å². The minimum absolute atomic E-state index is 0.103. The summed E-state index contributed by atoms with van der Waals surface area (Å²) in [5.74, 6) is -0.822. The summed E-state index contributed by atoms with van der Waals surface area (Å²) in [5, 5.41) is 7.23. The zero-order chi connectivity index (χ0) is 19.1. The van der Waals surface area contributed by atoms with Crippen molar-refractivity contribution in [3.63, 3.8) is 0 Å². The molecule has 0 bridgehead atoms. The molecule has 2 aromatic rings. The average Bonchev–Trinajstić information content (AvgIpc) is 2.61. The van der Waals surface area contributed by atoms with Crippen molar-refractivity contribution in [1.29, 1.82) is 0 Å². The molecule has 2 aromatic carbocycles. The molecule has 0 saturated heterocycles. The lowest BCUT2D eigenvalue weighted by Gasteiger charge is -2.20. The van der Waals surface area contributed by atoms with E-state index in [2.05, 4.69) is 31.8 Å². The standard InChI is InChI=1S/C19H19BrClN3O2/c1-12(2)17(23-18(25)14-5-9-16(21)10-6-14)19(26)24-22-11-13-3-7-15(20)8-4-13/h3-12,17H,1-2H3,(H,23,25)(H,24,26)/b22-11-. The maximum Gasteiger partial charge on any atom is 0.262 e. The highest BCUT2D eigenvalue weighted by Gasteiger charge is 2.24. The summed E-state index contributed by atoms with van der Waals surface area (Å²) < 4.78 is 0.962. The van der Waals surface area contributed by atoms with Gasteiger partial charge in [-0.05, 0) is 47.9 Å². The Kier molecular flexibility index (Phi) is 7.36. The van der Waals surface area contributed by atoms with Crippen LogP contribution in [0.5, 0.6) is 0 Å². The van der Waals surface area contributed by atoms with Crippen molar-refractivity contribution in [2.75, 3.05) is 0 Å². The first kappa shape index (κ1) is 20.1. The van der Waals surface area contributed by atoms with Crippen molar-refractivity contribution in [2.24, 2.45) is 11.0 Å². The molecule has 0 heterocycles. The summed E-state index contributed by atoms with van der Waals surface area (Å²) in [4.78, 5) is 24.7. The third-order valence-corrected chi connectivity index (χ3v) is 4.38. The van der Waals surface area contributed by atoms with E-state index >= 15 is 0 Å². The highest BCUT2D eigenvalue weighted by Crippen LogP contribution is 2.11. The molecule has 1 atom stereocenters. The van der Waals surface area contributed by atoms with E-state index in [0.717, 1.165) is 10.0 Å². The molecule has 0 saturated carbocycles. The lowest BCUT2D eigenvalue weighted by Crippen LogP contribution is -2.48. The fourth-order valence-electron chi connectivity index (χ4n) is 2.15. The Hall–Kier alpha value is -2.18. The number of nitrogens with one attached hydrogen (secondary N) is 2. The largest absolute Gasteiger partial charge is 0.340 e. The predicted octanol–water partition coefficient (Wildman–Crippen LogP) is 4.01. The molecule has 1 unspecified atom stereocenters. The van der Waals surface area contributed by atoms with E-state index in [1.54, 1.807) is 30.5 Å². The van der Waals surface area contributed by atoms with E-state index in [4.69, 9.17) is 11.6 Å². The molecule has 0 fully saturated rings. The van der Waals surface area contributed by atoms with Crippen LogP contribution in [-0.4, -0.2) is 24.1 Å². The minimum Gasteiger partial charge on any atom is -0.340 e. The molecule has 26 heavy (non-hydrogen) atoms. The van der Waals surface area contributed by atoms with Gasteiger partial charge < -0.3 is 5.32 Å². The monoisotopic (exact) mass is 435 g/mol. The van der Waals surface area contributed by atoms with Gasteiger partial charge in [-0.15, -0.1) is 0 Å². The third kappa shape index (κ3) is 5.97. The minimum atomic E-state index is -0.708. The second kappa shape index (κ2) is 9.50. The Morgan fingerprint density at radius 1 is 1.08 bits per heavy atom. The quantitative estimate of drug-likeness (QED) is 0.530. The highest BCUT2D eigenvalue weighted by atomic mass is 79.9. The van der Waals surface area contributed by atoms with Crippen molar-refractivity contribution in [1.82, 2.24) is 10.7 Å². The normalized spacial score (nSPS) is 12.2. The first-order valence-electron chi connectivity index (χ1n) is 8.01. The van der Waals surface area contributed by atoms with Crippen LogP contribution in [0.4, 0.5) is 0 Å². The third-order valence-electron chi connectivity index (χ3n) is 3.60. The molecule has 7 heteroatoms. The molecule has 0 aliphatic heterocycles. The lowest BCUT2D eigenvalue weighted by atomic mass is 10.0. The summed E-state index contributed by atoms with van der Waals surface area (Å²) in [6.45, 7) is 3.70. The molecule has 0 aliphatic rings. The average molecular weight is 437 g/mol. The van der Waals surface area contributed by atoms with Gasteiger partial charge in [0.15, 0.2) is 0 Å².